The van der Waals surface area contributed by atoms with E-state index in [1.165, 1.54) is 6.07 Å². The molecule has 3 heteroatoms. The van der Waals surface area contributed by atoms with Crippen LogP contribution in [0.15, 0.2) is 33.5 Å². The van der Waals surface area contributed by atoms with E-state index in [1.54, 1.807) is 18.2 Å². The molecule has 0 bridgehead atoms. The van der Waals surface area contributed by atoms with Gasteiger partial charge in [0.2, 0.25) is 0 Å². The molecule has 1 aromatic heterocycles. The molecule has 0 atom stereocenters. The van der Waals surface area contributed by atoms with Crippen LogP contribution in [0.2, 0.25) is 0 Å². The molecule has 0 spiro atoms. The average Bonchev–Trinajstić information content (AvgIpc) is 2.02. The van der Waals surface area contributed by atoms with Crippen LogP contribution in [-0.4, -0.2) is 0 Å². The van der Waals surface area contributed by atoms with Crippen molar-refractivity contribution in [3.8, 4) is 0 Å². The quantitative estimate of drug-likeness (QED) is 0.573. The van der Waals surface area contributed by atoms with E-state index in [9.17, 15) is 4.79 Å². The molecule has 1 aromatic carbocycles. The van der Waals surface area contributed by atoms with Crippen molar-refractivity contribution in [3.05, 3.63) is 40.2 Å². The minimum Gasteiger partial charge on any atom is -0.423 e. The highest BCUT2D eigenvalue weighted by molar-refractivity contribution is 5.82. The molecule has 65 valence electrons. The highest BCUT2D eigenvalue weighted by atomic mass is 16.4. The fourth-order valence-corrected chi connectivity index (χ4v) is 1.32. The Labute approximate surface area is 74.8 Å². The van der Waals surface area contributed by atoms with E-state index in [4.69, 9.17) is 10.2 Å². The van der Waals surface area contributed by atoms with Crippen LogP contribution in [0.25, 0.3) is 11.0 Å². The monoisotopic (exact) mass is 174 g/mol. The third-order valence-electron chi connectivity index (χ3n) is 1.95. The second kappa shape index (κ2) is 2.62. The Morgan fingerprint density at radius 2 is 2.08 bits per heavy atom. The summed E-state index contributed by atoms with van der Waals surface area (Å²) >= 11 is 0. The maximum atomic E-state index is 11.0. The van der Waals surface area contributed by atoms with Crippen LogP contribution in [0.4, 0.5) is 5.69 Å². The van der Waals surface area contributed by atoms with Crippen LogP contribution in [0.1, 0.15) is 5.56 Å². The lowest BCUT2D eigenvalue weighted by Crippen LogP contribution is -1.97. The normalized spacial score (nSPS) is 10.5. The second-order valence-corrected chi connectivity index (χ2v) is 2.96. The van der Waals surface area contributed by atoms with Crippen LogP contribution < -0.4 is 11.4 Å². The molecule has 1 N–H and O–H groups in total. The maximum absolute atomic E-state index is 11.0. The summed E-state index contributed by atoms with van der Waals surface area (Å²) in [5.74, 6) is 0. The molecule has 2 aromatic rings. The van der Waals surface area contributed by atoms with E-state index in [2.05, 4.69) is 0 Å². The first-order valence-electron chi connectivity index (χ1n) is 3.93. The Morgan fingerprint density at radius 1 is 1.31 bits per heavy atom. The zero-order valence-corrected chi connectivity index (χ0v) is 7.13. The molecule has 1 radical (unpaired) electrons. The summed E-state index contributed by atoms with van der Waals surface area (Å²) in [7, 11) is 0. The summed E-state index contributed by atoms with van der Waals surface area (Å²) in [4.78, 5) is 11.0. The van der Waals surface area contributed by atoms with Gasteiger partial charge >= 0.3 is 5.63 Å². The van der Waals surface area contributed by atoms with E-state index in [0.717, 1.165) is 10.9 Å². The van der Waals surface area contributed by atoms with Gasteiger partial charge in [-0.25, -0.2) is 4.79 Å². The van der Waals surface area contributed by atoms with Crippen LogP contribution in [0.3, 0.4) is 0 Å². The standard InChI is InChI=1S/C10H8NO2/c1-6-4-10(12)13-9-5-7(11)2-3-8(6)9/h2-5,11H,1H3. The summed E-state index contributed by atoms with van der Waals surface area (Å²) in [6, 6.07) is 6.46. The van der Waals surface area contributed by atoms with Crippen molar-refractivity contribution in [1.82, 2.24) is 5.73 Å². The molecule has 0 saturated carbocycles. The summed E-state index contributed by atoms with van der Waals surface area (Å²) in [6.45, 7) is 1.85. The van der Waals surface area contributed by atoms with E-state index in [-0.39, 0.29) is 5.63 Å². The summed E-state index contributed by atoms with van der Waals surface area (Å²) in [6.07, 6.45) is 0. The predicted octanol–water partition coefficient (Wildman–Crippen LogP) is 2.02. The third-order valence-corrected chi connectivity index (χ3v) is 1.95. The van der Waals surface area contributed by atoms with Gasteiger partial charge in [-0.15, -0.1) is 0 Å². The minimum atomic E-state index is -0.365. The van der Waals surface area contributed by atoms with Crippen molar-refractivity contribution >= 4 is 16.7 Å². The van der Waals surface area contributed by atoms with E-state index in [0.29, 0.717) is 11.3 Å². The molecule has 0 aliphatic carbocycles. The number of fused-ring (bicyclic) bond motifs is 1. The molecule has 0 amide bonds. The smallest absolute Gasteiger partial charge is 0.336 e. The Morgan fingerprint density at radius 3 is 2.85 bits per heavy atom. The highest BCUT2D eigenvalue weighted by Gasteiger charge is 2.01. The van der Waals surface area contributed by atoms with Gasteiger partial charge in [0.15, 0.2) is 0 Å². The molecule has 0 aliphatic rings. The first-order valence-corrected chi connectivity index (χ1v) is 3.93. The summed E-state index contributed by atoms with van der Waals surface area (Å²) < 4.78 is 4.95. The topological polar surface area (TPSA) is 54.0 Å². The predicted molar refractivity (Wildman–Crippen MR) is 50.0 cm³/mol. The number of benzene rings is 1. The lowest BCUT2D eigenvalue weighted by molar-refractivity contribution is 0.560. The molecule has 0 aliphatic heterocycles. The van der Waals surface area contributed by atoms with Crippen molar-refractivity contribution in [1.29, 1.82) is 0 Å². The van der Waals surface area contributed by atoms with Gasteiger partial charge in [-0.2, -0.15) is 0 Å². The van der Waals surface area contributed by atoms with Gasteiger partial charge in [-0.05, 0) is 24.6 Å². The first-order chi connectivity index (χ1) is 6.16. The largest absolute Gasteiger partial charge is 0.423 e. The van der Waals surface area contributed by atoms with Gasteiger partial charge in [0.25, 0.3) is 0 Å². The van der Waals surface area contributed by atoms with E-state index < -0.39 is 0 Å². The summed E-state index contributed by atoms with van der Waals surface area (Å²) in [5, 5.41) is 0.885. The van der Waals surface area contributed by atoms with Crippen LogP contribution in [0.5, 0.6) is 0 Å². The zero-order chi connectivity index (χ0) is 9.42. The van der Waals surface area contributed by atoms with Crippen LogP contribution >= 0.6 is 0 Å². The molecule has 0 fully saturated rings. The van der Waals surface area contributed by atoms with Crippen molar-refractivity contribution in [2.45, 2.75) is 6.92 Å². The molecule has 2 rings (SSSR count). The third kappa shape index (κ3) is 1.28. The number of hydrogen-bond acceptors (Lipinski definition) is 2. The Bertz CT molecular complexity index is 514. The molecule has 0 unspecified atom stereocenters. The fourth-order valence-electron chi connectivity index (χ4n) is 1.32. The van der Waals surface area contributed by atoms with Gasteiger partial charge in [0, 0.05) is 17.5 Å². The minimum absolute atomic E-state index is 0.348. The van der Waals surface area contributed by atoms with Gasteiger partial charge in [-0.1, -0.05) is 0 Å². The van der Waals surface area contributed by atoms with Gasteiger partial charge in [0.05, 0.1) is 5.69 Å². The average molecular weight is 174 g/mol. The molecule has 1 heterocycles. The molecule has 0 saturated heterocycles. The van der Waals surface area contributed by atoms with Gasteiger partial charge in [-0.3, -0.25) is 0 Å². The van der Waals surface area contributed by atoms with Gasteiger partial charge in [0.1, 0.15) is 5.58 Å². The number of nitrogens with one attached hydrogen (secondary N) is 1. The zero-order valence-electron chi connectivity index (χ0n) is 7.13. The molecule has 3 nitrogen and oxygen atoms in total. The molecule has 13 heavy (non-hydrogen) atoms. The van der Waals surface area contributed by atoms with Crippen molar-refractivity contribution in [2.24, 2.45) is 0 Å². The van der Waals surface area contributed by atoms with Crippen LogP contribution in [0, 0.1) is 6.92 Å². The van der Waals surface area contributed by atoms with E-state index in [1.807, 2.05) is 6.92 Å². The Balaban J connectivity index is 2.94. The van der Waals surface area contributed by atoms with Gasteiger partial charge < -0.3 is 10.2 Å². The SMILES string of the molecule is Cc1cc(=O)oc2cc([NH])ccc12. The van der Waals surface area contributed by atoms with Crippen molar-refractivity contribution < 1.29 is 4.42 Å². The Hall–Kier alpha value is -1.77. The lowest BCUT2D eigenvalue weighted by atomic mass is 10.1. The van der Waals surface area contributed by atoms with E-state index >= 15 is 0 Å². The second-order valence-electron chi connectivity index (χ2n) is 2.96. The fraction of sp³-hybridized carbons (Fsp3) is 0.100. The van der Waals surface area contributed by atoms with Crippen molar-refractivity contribution in [3.63, 3.8) is 0 Å². The summed E-state index contributed by atoms with van der Waals surface area (Å²) in [5.41, 5.74) is 8.70. The number of hydrogen-bond donors (Lipinski definition) is 0. The first kappa shape index (κ1) is 7.86. The van der Waals surface area contributed by atoms with Crippen molar-refractivity contribution in [2.75, 3.05) is 0 Å². The highest BCUT2D eigenvalue weighted by Crippen LogP contribution is 2.19. The molecular weight excluding hydrogens is 166 g/mol. The molecular formula is C10H8NO2. The maximum Gasteiger partial charge on any atom is 0.336 e. The number of aryl methyl sites for hydroxylation is 1. The lowest BCUT2D eigenvalue weighted by Gasteiger charge is -1.99. The van der Waals surface area contributed by atoms with Crippen LogP contribution in [-0.2, 0) is 0 Å². The Kier molecular flexibility index (Phi) is 1.59. The number of rotatable bonds is 0.